The molecule has 0 saturated heterocycles. The Hall–Kier alpha value is -1.42. The van der Waals surface area contributed by atoms with Crippen LogP contribution in [0.3, 0.4) is 0 Å². The second-order valence-electron chi connectivity index (χ2n) is 3.48. The topological polar surface area (TPSA) is 43.8 Å². The number of nitrogens with zero attached hydrogens (tertiary/aromatic N) is 2. The van der Waals surface area contributed by atoms with E-state index in [0.29, 0.717) is 0 Å². The van der Waals surface area contributed by atoms with Crippen LogP contribution in [0.1, 0.15) is 5.56 Å². The average Bonchev–Trinajstić information content (AvgIpc) is 2.58. The summed E-state index contributed by atoms with van der Waals surface area (Å²) < 4.78 is 1.80. The molecule has 2 aromatic rings. The van der Waals surface area contributed by atoms with Gasteiger partial charge in [0.2, 0.25) is 0 Å². The molecule has 2 N–H and O–H groups in total. The molecule has 0 radical (unpaired) electrons. The van der Waals surface area contributed by atoms with Gasteiger partial charge in [-0.1, -0.05) is 17.8 Å². The number of anilines is 1. The lowest BCUT2D eigenvalue weighted by Gasteiger charge is -2.04. The zero-order valence-electron chi connectivity index (χ0n) is 8.77. The van der Waals surface area contributed by atoms with E-state index in [0.717, 1.165) is 10.6 Å². The number of nitrogens with two attached hydrogens (primary N) is 1. The van der Waals surface area contributed by atoms with Crippen LogP contribution in [0.2, 0.25) is 0 Å². The number of aromatic nitrogens is 2. The standard InChI is InChI=1S/C11H13N3S/c1-8-3-4-9(12)5-11(8)15-10-6-13-14(2)7-10/h3-7H,12H2,1-2H3. The third kappa shape index (κ3) is 2.33. The van der Waals surface area contributed by atoms with Crippen molar-refractivity contribution in [2.75, 3.05) is 5.73 Å². The molecule has 3 nitrogen and oxygen atoms in total. The lowest BCUT2D eigenvalue weighted by atomic mass is 10.2. The molecule has 0 atom stereocenters. The monoisotopic (exact) mass is 219 g/mol. The maximum Gasteiger partial charge on any atom is 0.0629 e. The van der Waals surface area contributed by atoms with Gasteiger partial charge < -0.3 is 5.73 Å². The number of rotatable bonds is 2. The molecule has 0 unspecified atom stereocenters. The zero-order chi connectivity index (χ0) is 10.8. The molecule has 1 aromatic heterocycles. The summed E-state index contributed by atoms with van der Waals surface area (Å²) in [5, 5.41) is 4.13. The first-order chi connectivity index (χ1) is 7.15. The molecule has 0 aliphatic heterocycles. The van der Waals surface area contributed by atoms with Crippen LogP contribution >= 0.6 is 11.8 Å². The summed E-state index contributed by atoms with van der Waals surface area (Å²) in [5.41, 5.74) is 7.78. The van der Waals surface area contributed by atoms with Gasteiger partial charge in [0.25, 0.3) is 0 Å². The van der Waals surface area contributed by atoms with Crippen molar-refractivity contribution < 1.29 is 0 Å². The summed E-state index contributed by atoms with van der Waals surface area (Å²) in [4.78, 5) is 2.31. The fourth-order valence-corrected chi connectivity index (χ4v) is 2.29. The molecule has 0 spiro atoms. The van der Waals surface area contributed by atoms with E-state index in [9.17, 15) is 0 Å². The summed E-state index contributed by atoms with van der Waals surface area (Å²) in [6.07, 6.45) is 3.85. The van der Waals surface area contributed by atoms with Gasteiger partial charge in [-0.25, -0.2) is 0 Å². The first-order valence-electron chi connectivity index (χ1n) is 4.68. The highest BCUT2D eigenvalue weighted by molar-refractivity contribution is 7.99. The van der Waals surface area contributed by atoms with Crippen LogP contribution in [0.5, 0.6) is 0 Å². The molecule has 0 bridgehead atoms. The van der Waals surface area contributed by atoms with Crippen molar-refractivity contribution in [2.24, 2.45) is 7.05 Å². The van der Waals surface area contributed by atoms with E-state index in [1.807, 2.05) is 37.6 Å². The van der Waals surface area contributed by atoms with Crippen LogP contribution in [0.4, 0.5) is 5.69 Å². The maximum absolute atomic E-state index is 5.75. The lowest BCUT2D eigenvalue weighted by molar-refractivity contribution is 0.766. The zero-order valence-corrected chi connectivity index (χ0v) is 9.58. The lowest BCUT2D eigenvalue weighted by Crippen LogP contribution is -1.86. The summed E-state index contributed by atoms with van der Waals surface area (Å²) >= 11 is 1.69. The first kappa shape index (κ1) is 10.1. The van der Waals surface area contributed by atoms with Crippen LogP contribution in [0.15, 0.2) is 40.4 Å². The fourth-order valence-electron chi connectivity index (χ4n) is 1.31. The van der Waals surface area contributed by atoms with Crippen molar-refractivity contribution in [2.45, 2.75) is 16.7 Å². The quantitative estimate of drug-likeness (QED) is 0.789. The van der Waals surface area contributed by atoms with Gasteiger partial charge in [-0.15, -0.1) is 0 Å². The van der Waals surface area contributed by atoms with Crippen molar-refractivity contribution in [1.82, 2.24) is 9.78 Å². The minimum Gasteiger partial charge on any atom is -0.399 e. The molecule has 1 heterocycles. The molecule has 1 aromatic carbocycles. The third-order valence-electron chi connectivity index (χ3n) is 2.12. The summed E-state index contributed by atoms with van der Waals surface area (Å²) in [5.74, 6) is 0. The molecule has 2 rings (SSSR count). The molecular formula is C11H13N3S. The van der Waals surface area contributed by atoms with E-state index in [2.05, 4.69) is 12.0 Å². The van der Waals surface area contributed by atoms with Crippen molar-refractivity contribution in [3.63, 3.8) is 0 Å². The maximum atomic E-state index is 5.75. The molecule has 0 aliphatic carbocycles. The van der Waals surface area contributed by atoms with Crippen LogP contribution in [0.25, 0.3) is 0 Å². The molecule has 0 saturated carbocycles. The highest BCUT2D eigenvalue weighted by Crippen LogP contribution is 2.30. The van der Waals surface area contributed by atoms with Crippen molar-refractivity contribution >= 4 is 17.4 Å². The van der Waals surface area contributed by atoms with Crippen LogP contribution in [-0.2, 0) is 7.05 Å². The molecule has 0 fully saturated rings. The van der Waals surface area contributed by atoms with Gasteiger partial charge in [0.1, 0.15) is 0 Å². The molecule has 0 amide bonds. The molecule has 15 heavy (non-hydrogen) atoms. The van der Waals surface area contributed by atoms with Crippen LogP contribution in [0, 0.1) is 6.92 Å². The Labute approximate surface area is 93.3 Å². The highest BCUT2D eigenvalue weighted by atomic mass is 32.2. The summed E-state index contributed by atoms with van der Waals surface area (Å²) in [6.45, 7) is 2.08. The van der Waals surface area contributed by atoms with E-state index in [-0.39, 0.29) is 0 Å². The van der Waals surface area contributed by atoms with E-state index >= 15 is 0 Å². The van der Waals surface area contributed by atoms with E-state index in [1.165, 1.54) is 10.5 Å². The van der Waals surface area contributed by atoms with Crippen LogP contribution < -0.4 is 5.73 Å². The number of aryl methyl sites for hydroxylation is 2. The predicted molar refractivity (Wildman–Crippen MR) is 62.9 cm³/mol. The largest absolute Gasteiger partial charge is 0.399 e. The normalized spacial score (nSPS) is 10.5. The van der Waals surface area contributed by atoms with Crippen molar-refractivity contribution in [1.29, 1.82) is 0 Å². The second kappa shape index (κ2) is 3.98. The predicted octanol–water partition coefficient (Wildman–Crippen LogP) is 2.46. The minimum atomic E-state index is 0.798. The first-order valence-corrected chi connectivity index (χ1v) is 5.49. The summed E-state index contributed by atoms with van der Waals surface area (Å²) in [6, 6.07) is 5.95. The molecular weight excluding hydrogens is 206 g/mol. The Bertz CT molecular complexity index is 476. The third-order valence-corrected chi connectivity index (χ3v) is 3.23. The van der Waals surface area contributed by atoms with Gasteiger partial charge in [-0.3, -0.25) is 4.68 Å². The minimum absolute atomic E-state index is 0.798. The molecule has 0 aliphatic rings. The van der Waals surface area contributed by atoms with Crippen molar-refractivity contribution in [3.05, 3.63) is 36.2 Å². The van der Waals surface area contributed by atoms with Gasteiger partial charge in [-0.05, 0) is 24.6 Å². The Kier molecular flexibility index (Phi) is 2.68. The van der Waals surface area contributed by atoms with Crippen LogP contribution in [-0.4, -0.2) is 9.78 Å². The Morgan fingerprint density at radius 2 is 2.20 bits per heavy atom. The second-order valence-corrected chi connectivity index (χ2v) is 4.59. The van der Waals surface area contributed by atoms with Gasteiger partial charge >= 0.3 is 0 Å². The molecule has 4 heteroatoms. The highest BCUT2D eigenvalue weighted by Gasteiger charge is 2.03. The van der Waals surface area contributed by atoms with E-state index in [1.54, 1.807) is 16.4 Å². The fraction of sp³-hybridized carbons (Fsp3) is 0.182. The van der Waals surface area contributed by atoms with Gasteiger partial charge in [-0.2, -0.15) is 5.10 Å². The molecule has 78 valence electrons. The Morgan fingerprint density at radius 3 is 2.87 bits per heavy atom. The number of nitrogen functional groups attached to an aromatic ring is 1. The van der Waals surface area contributed by atoms with Gasteiger partial charge in [0.05, 0.1) is 11.1 Å². The smallest absolute Gasteiger partial charge is 0.0629 e. The Morgan fingerprint density at radius 1 is 1.40 bits per heavy atom. The Balaban J connectivity index is 2.27. The number of hydrogen-bond acceptors (Lipinski definition) is 3. The SMILES string of the molecule is Cc1ccc(N)cc1Sc1cnn(C)c1. The number of benzene rings is 1. The van der Waals surface area contributed by atoms with E-state index < -0.39 is 0 Å². The average molecular weight is 219 g/mol. The van der Waals surface area contributed by atoms with Crippen molar-refractivity contribution in [3.8, 4) is 0 Å². The van der Waals surface area contributed by atoms with Gasteiger partial charge in [0, 0.05) is 23.8 Å². The van der Waals surface area contributed by atoms with Gasteiger partial charge in [0.15, 0.2) is 0 Å². The van der Waals surface area contributed by atoms with E-state index in [4.69, 9.17) is 5.73 Å². The summed E-state index contributed by atoms with van der Waals surface area (Å²) in [7, 11) is 1.91. The number of hydrogen-bond donors (Lipinski definition) is 1.